The number of Topliss-reactive ketones (excluding diaryl/α,β-unsaturated/α-hetero) is 2. The van der Waals surface area contributed by atoms with Crippen LogP contribution in [0, 0.1) is 8.99 Å². The summed E-state index contributed by atoms with van der Waals surface area (Å²) >= 11 is 2.24. The number of ether oxygens (including phenoxy) is 1. The summed E-state index contributed by atoms with van der Waals surface area (Å²) in [6.07, 6.45) is 0.886. The molecule has 1 aromatic rings. The van der Waals surface area contributed by atoms with E-state index in [0.717, 1.165) is 5.56 Å². The lowest BCUT2D eigenvalue weighted by molar-refractivity contribution is -0.156. The summed E-state index contributed by atoms with van der Waals surface area (Å²) in [5.74, 6) is -1.77. The Kier molecular flexibility index (Phi) is 12.1. The summed E-state index contributed by atoms with van der Waals surface area (Å²) in [4.78, 5) is 44.1. The van der Waals surface area contributed by atoms with Crippen molar-refractivity contribution in [2.75, 3.05) is 0 Å². The van der Waals surface area contributed by atoms with Crippen LogP contribution >= 0.6 is 22.6 Å². The van der Waals surface area contributed by atoms with E-state index < -0.39 is 17.5 Å². The zero-order chi connectivity index (χ0) is 23.5. The number of halogens is 1. The van der Waals surface area contributed by atoms with Crippen LogP contribution < -0.4 is 0 Å². The van der Waals surface area contributed by atoms with E-state index in [1.54, 1.807) is 20.8 Å². The van der Waals surface area contributed by atoms with Gasteiger partial charge < -0.3 is 9.84 Å². The summed E-state index contributed by atoms with van der Waals surface area (Å²) in [7, 11) is 0. The van der Waals surface area contributed by atoms with E-state index in [1.807, 2.05) is 45.0 Å². The van der Waals surface area contributed by atoms with Crippen molar-refractivity contribution in [3.63, 3.8) is 0 Å². The molecule has 7 heteroatoms. The molecule has 0 saturated heterocycles. The van der Waals surface area contributed by atoms with Gasteiger partial charge in [-0.15, -0.1) is 0 Å². The standard InChI is InChI=1S/C15H19IO3.C8H14O3/c1-15(2,3)19-14(18)10-13(17)9-6-11-4-7-12(16)8-5-11;1-8(2,3)5-6(9)4-7(10)11/h4-5,7-8H,6,9-10H2,1-3H3;4-5H2,1-3H3,(H,10,11). The molecule has 1 aromatic carbocycles. The Morgan fingerprint density at radius 1 is 0.900 bits per heavy atom. The lowest BCUT2D eigenvalue weighted by Crippen LogP contribution is -2.25. The van der Waals surface area contributed by atoms with Gasteiger partial charge in [0, 0.05) is 16.4 Å². The molecule has 0 spiro atoms. The number of aliphatic carboxylic acids is 1. The number of hydrogen-bond acceptors (Lipinski definition) is 5. The number of carboxylic acid groups (broad SMARTS) is 1. The number of aryl methyl sites for hydroxylation is 1. The Hall–Kier alpha value is -1.77. The SMILES string of the molecule is CC(C)(C)CC(=O)CC(=O)O.CC(C)(C)OC(=O)CC(=O)CCc1ccc(I)cc1. The Bertz CT molecular complexity index is 724. The second kappa shape index (κ2) is 12.8. The number of hydrogen-bond donors (Lipinski definition) is 1. The maximum absolute atomic E-state index is 11.7. The van der Waals surface area contributed by atoms with E-state index >= 15 is 0 Å². The van der Waals surface area contributed by atoms with E-state index in [-0.39, 0.29) is 29.8 Å². The predicted octanol–water partition coefficient (Wildman–Crippen LogP) is 4.99. The zero-order valence-electron chi connectivity index (χ0n) is 18.7. The average molecular weight is 532 g/mol. The lowest BCUT2D eigenvalue weighted by Gasteiger charge is -2.19. The monoisotopic (exact) mass is 532 g/mol. The fourth-order valence-electron chi connectivity index (χ4n) is 2.38. The molecule has 1 N–H and O–H groups in total. The third-order valence-electron chi connectivity index (χ3n) is 3.44. The molecule has 6 nitrogen and oxygen atoms in total. The van der Waals surface area contributed by atoms with Gasteiger partial charge in [-0.25, -0.2) is 0 Å². The average Bonchev–Trinajstić information content (AvgIpc) is 2.50. The Morgan fingerprint density at radius 2 is 1.43 bits per heavy atom. The van der Waals surface area contributed by atoms with Crippen molar-refractivity contribution in [2.24, 2.45) is 5.41 Å². The van der Waals surface area contributed by atoms with Crippen LogP contribution in [-0.4, -0.2) is 34.2 Å². The van der Waals surface area contributed by atoms with Crippen molar-refractivity contribution < 1.29 is 29.0 Å². The topological polar surface area (TPSA) is 97.7 Å². The van der Waals surface area contributed by atoms with Gasteiger partial charge in [-0.3, -0.25) is 19.2 Å². The van der Waals surface area contributed by atoms with Crippen LogP contribution in [0.5, 0.6) is 0 Å². The van der Waals surface area contributed by atoms with E-state index in [0.29, 0.717) is 19.3 Å². The fraction of sp³-hybridized carbons (Fsp3) is 0.565. The molecule has 0 amide bonds. The second-order valence-corrected chi connectivity index (χ2v) is 10.5. The Morgan fingerprint density at radius 3 is 1.87 bits per heavy atom. The molecule has 0 aliphatic heterocycles. The van der Waals surface area contributed by atoms with Gasteiger partial charge in [0.15, 0.2) is 0 Å². The number of benzene rings is 1. The van der Waals surface area contributed by atoms with Crippen molar-refractivity contribution >= 4 is 46.1 Å². The van der Waals surface area contributed by atoms with Gasteiger partial charge in [0.2, 0.25) is 0 Å². The second-order valence-electron chi connectivity index (χ2n) is 9.27. The highest BCUT2D eigenvalue weighted by atomic mass is 127. The van der Waals surface area contributed by atoms with Gasteiger partial charge in [-0.1, -0.05) is 32.9 Å². The summed E-state index contributed by atoms with van der Waals surface area (Å²) < 4.78 is 6.28. The molecule has 0 radical (unpaired) electrons. The first-order valence-corrected chi connectivity index (χ1v) is 10.9. The van der Waals surface area contributed by atoms with Crippen molar-refractivity contribution in [2.45, 2.75) is 79.2 Å². The van der Waals surface area contributed by atoms with Gasteiger partial charge in [-0.2, -0.15) is 0 Å². The van der Waals surface area contributed by atoms with E-state index in [4.69, 9.17) is 9.84 Å². The highest BCUT2D eigenvalue weighted by molar-refractivity contribution is 14.1. The molecule has 0 heterocycles. The molecule has 168 valence electrons. The molecular weight excluding hydrogens is 499 g/mol. The third kappa shape index (κ3) is 17.1. The number of rotatable bonds is 8. The lowest BCUT2D eigenvalue weighted by atomic mass is 9.89. The van der Waals surface area contributed by atoms with Crippen molar-refractivity contribution in [1.82, 2.24) is 0 Å². The van der Waals surface area contributed by atoms with Crippen LogP contribution in [0.2, 0.25) is 0 Å². The first-order chi connectivity index (χ1) is 13.6. The highest BCUT2D eigenvalue weighted by Crippen LogP contribution is 2.19. The molecular formula is C23H33IO6. The summed E-state index contributed by atoms with van der Waals surface area (Å²) in [5.41, 5.74) is 0.470. The molecule has 30 heavy (non-hydrogen) atoms. The number of carbonyl (C=O) groups excluding carboxylic acids is 3. The first kappa shape index (κ1) is 28.2. The normalized spacial score (nSPS) is 11.2. The zero-order valence-corrected chi connectivity index (χ0v) is 20.9. The predicted molar refractivity (Wildman–Crippen MR) is 124 cm³/mol. The van der Waals surface area contributed by atoms with Crippen molar-refractivity contribution in [3.05, 3.63) is 33.4 Å². The Labute approximate surface area is 192 Å². The highest BCUT2D eigenvalue weighted by Gasteiger charge is 2.19. The summed E-state index contributed by atoms with van der Waals surface area (Å²) in [5, 5.41) is 8.26. The van der Waals surface area contributed by atoms with E-state index in [1.165, 1.54) is 3.57 Å². The molecule has 1 rings (SSSR count). The minimum atomic E-state index is -1.04. The molecule has 0 fully saturated rings. The van der Waals surface area contributed by atoms with Crippen LogP contribution in [0.3, 0.4) is 0 Å². The number of esters is 1. The van der Waals surface area contributed by atoms with Crippen LogP contribution in [0.1, 0.15) is 72.8 Å². The minimum Gasteiger partial charge on any atom is -0.481 e. The quantitative estimate of drug-likeness (QED) is 0.288. The molecule has 0 unspecified atom stereocenters. The van der Waals surface area contributed by atoms with Gasteiger partial charge in [0.05, 0.1) is 0 Å². The number of carbonyl (C=O) groups is 4. The molecule has 0 aliphatic rings. The van der Waals surface area contributed by atoms with E-state index in [9.17, 15) is 19.2 Å². The van der Waals surface area contributed by atoms with E-state index in [2.05, 4.69) is 22.6 Å². The molecule has 0 saturated carbocycles. The summed E-state index contributed by atoms with van der Waals surface area (Å²) in [6, 6.07) is 8.02. The van der Waals surface area contributed by atoms with Gasteiger partial charge in [0.1, 0.15) is 30.0 Å². The van der Waals surface area contributed by atoms with Crippen LogP contribution in [0.15, 0.2) is 24.3 Å². The molecule has 0 aromatic heterocycles. The third-order valence-corrected chi connectivity index (χ3v) is 4.16. The molecule has 0 bridgehead atoms. The van der Waals surface area contributed by atoms with Crippen LogP contribution in [0.4, 0.5) is 0 Å². The fourth-order valence-corrected chi connectivity index (χ4v) is 2.74. The number of carboxylic acids is 1. The first-order valence-electron chi connectivity index (χ1n) is 9.79. The van der Waals surface area contributed by atoms with Crippen LogP contribution in [-0.2, 0) is 30.3 Å². The van der Waals surface area contributed by atoms with Crippen LogP contribution in [0.25, 0.3) is 0 Å². The maximum atomic E-state index is 11.7. The molecule has 0 atom stereocenters. The largest absolute Gasteiger partial charge is 0.481 e. The molecule has 0 aliphatic carbocycles. The van der Waals surface area contributed by atoms with Crippen molar-refractivity contribution in [3.8, 4) is 0 Å². The minimum absolute atomic E-state index is 0.0761. The number of ketones is 2. The smallest absolute Gasteiger partial charge is 0.313 e. The van der Waals surface area contributed by atoms with Gasteiger partial charge >= 0.3 is 11.9 Å². The van der Waals surface area contributed by atoms with Gasteiger partial charge in [0.25, 0.3) is 0 Å². The Balaban J connectivity index is 0.000000654. The van der Waals surface area contributed by atoms with Crippen molar-refractivity contribution in [1.29, 1.82) is 0 Å². The van der Waals surface area contributed by atoms with Gasteiger partial charge in [-0.05, 0) is 72.9 Å². The summed E-state index contributed by atoms with van der Waals surface area (Å²) in [6.45, 7) is 11.1. The maximum Gasteiger partial charge on any atom is 0.313 e.